The van der Waals surface area contributed by atoms with E-state index < -0.39 is 11.6 Å². The lowest BCUT2D eigenvalue weighted by molar-refractivity contribution is -0.109. The Kier molecular flexibility index (Phi) is 2.95. The molecule has 0 bridgehead atoms. The second-order valence-electron chi connectivity index (χ2n) is 4.54. The third-order valence-electron chi connectivity index (χ3n) is 3.34. The van der Waals surface area contributed by atoms with Crippen LogP contribution in [0, 0.1) is 0 Å². The predicted octanol–water partition coefficient (Wildman–Crippen LogP) is 3.00. The van der Waals surface area contributed by atoms with E-state index in [1.165, 1.54) is 0 Å². The van der Waals surface area contributed by atoms with Crippen molar-refractivity contribution in [3.63, 3.8) is 0 Å². The van der Waals surface area contributed by atoms with Crippen molar-refractivity contribution in [2.75, 3.05) is 7.11 Å². The van der Waals surface area contributed by atoms with Crippen molar-refractivity contribution >= 4 is 23.2 Å². The molecule has 0 N–H and O–H groups in total. The Bertz CT molecular complexity index is 724. The zero-order chi connectivity index (χ0) is 14.1. The lowest BCUT2D eigenvalue weighted by Gasteiger charge is -2.01. The largest absolute Gasteiger partial charge is 0.497 e. The molecule has 0 aromatic heterocycles. The highest BCUT2D eigenvalue weighted by atomic mass is 16.5. The summed E-state index contributed by atoms with van der Waals surface area (Å²) >= 11 is 0. The van der Waals surface area contributed by atoms with Crippen molar-refractivity contribution in [1.29, 1.82) is 0 Å². The van der Waals surface area contributed by atoms with Crippen LogP contribution in [0.2, 0.25) is 0 Å². The van der Waals surface area contributed by atoms with Crippen LogP contribution in [0.1, 0.15) is 21.5 Å². The van der Waals surface area contributed by atoms with Crippen LogP contribution in [-0.4, -0.2) is 18.7 Å². The van der Waals surface area contributed by atoms with E-state index in [1.807, 2.05) is 30.3 Å². The van der Waals surface area contributed by atoms with E-state index in [4.69, 9.17) is 4.74 Å². The SMILES string of the molecule is COc1ccc(/C=C2\C(=O)C(=O)c3ccccc32)cc1. The summed E-state index contributed by atoms with van der Waals surface area (Å²) in [6.45, 7) is 0. The Morgan fingerprint density at radius 2 is 1.50 bits per heavy atom. The zero-order valence-corrected chi connectivity index (χ0v) is 10.9. The van der Waals surface area contributed by atoms with Crippen LogP contribution in [0.25, 0.3) is 11.6 Å². The summed E-state index contributed by atoms with van der Waals surface area (Å²) in [7, 11) is 1.60. The van der Waals surface area contributed by atoms with Gasteiger partial charge in [-0.05, 0) is 29.3 Å². The summed E-state index contributed by atoms with van der Waals surface area (Å²) in [6.07, 6.45) is 1.74. The fourth-order valence-corrected chi connectivity index (χ4v) is 2.29. The van der Waals surface area contributed by atoms with Crippen LogP contribution < -0.4 is 4.74 Å². The first kappa shape index (κ1) is 12.4. The number of ketones is 2. The highest BCUT2D eigenvalue weighted by Gasteiger charge is 2.32. The topological polar surface area (TPSA) is 43.4 Å². The number of fused-ring (bicyclic) bond motifs is 1. The van der Waals surface area contributed by atoms with Gasteiger partial charge < -0.3 is 4.74 Å². The second-order valence-corrected chi connectivity index (χ2v) is 4.54. The van der Waals surface area contributed by atoms with E-state index in [1.54, 1.807) is 31.4 Å². The van der Waals surface area contributed by atoms with Crippen molar-refractivity contribution in [2.45, 2.75) is 0 Å². The van der Waals surface area contributed by atoms with Crippen molar-refractivity contribution in [2.24, 2.45) is 0 Å². The van der Waals surface area contributed by atoms with Gasteiger partial charge in [-0.1, -0.05) is 36.4 Å². The number of ether oxygens (including phenoxy) is 1. The van der Waals surface area contributed by atoms with Crippen molar-refractivity contribution in [3.8, 4) is 5.75 Å². The minimum absolute atomic E-state index is 0.430. The molecular weight excluding hydrogens is 252 g/mol. The number of benzene rings is 2. The number of methoxy groups -OCH3 is 1. The molecule has 0 aliphatic heterocycles. The summed E-state index contributed by atoms with van der Waals surface area (Å²) < 4.78 is 5.09. The van der Waals surface area contributed by atoms with Gasteiger partial charge in [0.1, 0.15) is 5.75 Å². The van der Waals surface area contributed by atoms with Crippen LogP contribution >= 0.6 is 0 Å². The number of carbonyl (C=O) groups excluding carboxylic acids is 2. The second kappa shape index (κ2) is 4.78. The van der Waals surface area contributed by atoms with E-state index in [9.17, 15) is 9.59 Å². The summed E-state index contributed by atoms with van der Waals surface area (Å²) in [5.74, 6) is -0.122. The average Bonchev–Trinajstić information content (AvgIpc) is 2.74. The summed E-state index contributed by atoms with van der Waals surface area (Å²) in [4.78, 5) is 23.9. The molecule has 0 saturated carbocycles. The van der Waals surface area contributed by atoms with Gasteiger partial charge >= 0.3 is 0 Å². The third-order valence-corrected chi connectivity index (χ3v) is 3.34. The average molecular weight is 264 g/mol. The molecule has 0 saturated heterocycles. The predicted molar refractivity (Wildman–Crippen MR) is 76.6 cm³/mol. The number of rotatable bonds is 2. The Morgan fingerprint density at radius 3 is 2.15 bits per heavy atom. The van der Waals surface area contributed by atoms with Crippen LogP contribution in [0.5, 0.6) is 5.75 Å². The van der Waals surface area contributed by atoms with E-state index >= 15 is 0 Å². The van der Waals surface area contributed by atoms with E-state index in [2.05, 4.69) is 0 Å². The Balaban J connectivity index is 2.07. The zero-order valence-electron chi connectivity index (χ0n) is 10.9. The monoisotopic (exact) mass is 264 g/mol. The van der Waals surface area contributed by atoms with Crippen molar-refractivity contribution in [3.05, 3.63) is 65.2 Å². The standard InChI is InChI=1S/C17H12O3/c1-20-12-8-6-11(7-9-12)10-15-13-4-2-3-5-14(13)16(18)17(15)19/h2-10H,1H3/b15-10-. The molecule has 0 atom stereocenters. The summed E-state index contributed by atoms with van der Waals surface area (Å²) in [5, 5.41) is 0. The van der Waals surface area contributed by atoms with Crippen LogP contribution in [-0.2, 0) is 4.79 Å². The molecule has 0 unspecified atom stereocenters. The maximum absolute atomic E-state index is 12.0. The first-order valence-electron chi connectivity index (χ1n) is 6.25. The quantitative estimate of drug-likeness (QED) is 0.618. The molecule has 0 amide bonds. The molecule has 2 aromatic carbocycles. The van der Waals surface area contributed by atoms with Gasteiger partial charge in [-0.15, -0.1) is 0 Å². The minimum Gasteiger partial charge on any atom is -0.497 e. The molecule has 2 aromatic rings. The Labute approximate surface area is 116 Å². The minimum atomic E-state index is -0.443. The number of Topliss-reactive ketones (excluding diaryl/α,β-unsaturated/α-hetero) is 2. The Hall–Kier alpha value is -2.68. The molecule has 0 radical (unpaired) electrons. The smallest absolute Gasteiger partial charge is 0.234 e. The molecule has 98 valence electrons. The van der Waals surface area contributed by atoms with E-state index in [-0.39, 0.29) is 0 Å². The number of hydrogen-bond acceptors (Lipinski definition) is 3. The summed E-state index contributed by atoms with van der Waals surface area (Å²) in [5.41, 5.74) is 2.50. The molecule has 0 heterocycles. The van der Waals surface area contributed by atoms with E-state index in [0.29, 0.717) is 16.7 Å². The van der Waals surface area contributed by atoms with Gasteiger partial charge in [0, 0.05) is 11.1 Å². The molecule has 3 rings (SSSR count). The third kappa shape index (κ3) is 1.93. The van der Waals surface area contributed by atoms with Gasteiger partial charge in [0.2, 0.25) is 11.6 Å². The first-order valence-corrected chi connectivity index (χ1v) is 6.25. The number of carbonyl (C=O) groups is 2. The van der Waals surface area contributed by atoms with Gasteiger partial charge in [0.15, 0.2) is 0 Å². The van der Waals surface area contributed by atoms with Gasteiger partial charge in [-0.2, -0.15) is 0 Å². The molecular formula is C17H12O3. The molecule has 3 heteroatoms. The molecule has 1 aliphatic rings. The van der Waals surface area contributed by atoms with Crippen molar-refractivity contribution < 1.29 is 14.3 Å². The maximum Gasteiger partial charge on any atom is 0.234 e. The van der Waals surface area contributed by atoms with Crippen LogP contribution in [0.3, 0.4) is 0 Å². The summed E-state index contributed by atoms with van der Waals surface area (Å²) in [6, 6.07) is 14.4. The molecule has 3 nitrogen and oxygen atoms in total. The normalized spacial score (nSPS) is 15.6. The highest BCUT2D eigenvalue weighted by molar-refractivity contribution is 6.64. The van der Waals surface area contributed by atoms with Gasteiger partial charge in [-0.3, -0.25) is 9.59 Å². The molecule has 1 aliphatic carbocycles. The van der Waals surface area contributed by atoms with Crippen LogP contribution in [0.4, 0.5) is 0 Å². The maximum atomic E-state index is 12.0. The van der Waals surface area contributed by atoms with Gasteiger partial charge in [0.25, 0.3) is 0 Å². The highest BCUT2D eigenvalue weighted by Crippen LogP contribution is 2.31. The molecule has 0 fully saturated rings. The van der Waals surface area contributed by atoms with Gasteiger partial charge in [0.05, 0.1) is 7.11 Å². The van der Waals surface area contributed by atoms with E-state index in [0.717, 1.165) is 11.3 Å². The lowest BCUT2D eigenvalue weighted by Crippen LogP contribution is -2.05. The lowest BCUT2D eigenvalue weighted by atomic mass is 10.0. The number of allylic oxidation sites excluding steroid dienone is 1. The fourth-order valence-electron chi connectivity index (χ4n) is 2.29. The number of hydrogen-bond donors (Lipinski definition) is 0. The van der Waals surface area contributed by atoms with Crippen LogP contribution in [0.15, 0.2) is 48.5 Å². The molecule has 20 heavy (non-hydrogen) atoms. The first-order chi connectivity index (χ1) is 9.70. The fraction of sp³-hybridized carbons (Fsp3) is 0.0588. The Morgan fingerprint density at radius 1 is 0.850 bits per heavy atom. The molecule has 0 spiro atoms. The van der Waals surface area contributed by atoms with Gasteiger partial charge in [-0.25, -0.2) is 0 Å². The van der Waals surface area contributed by atoms with Crippen molar-refractivity contribution in [1.82, 2.24) is 0 Å².